The monoisotopic (exact) mass is 191 g/mol. The van der Waals surface area contributed by atoms with Crippen LogP contribution in [0.4, 0.5) is 0 Å². The van der Waals surface area contributed by atoms with E-state index < -0.39 is 0 Å². The fourth-order valence-electron chi connectivity index (χ4n) is 1.95. The Labute approximate surface area is 87.4 Å². The molecule has 0 aliphatic heterocycles. The second kappa shape index (κ2) is 5.82. The Morgan fingerprint density at radius 3 is 2.93 bits per heavy atom. The fourth-order valence-corrected chi connectivity index (χ4v) is 1.95. The molecule has 1 atom stereocenters. The highest BCUT2D eigenvalue weighted by molar-refractivity contribution is 5.20. The summed E-state index contributed by atoms with van der Waals surface area (Å²) in [6, 6.07) is 0. The SMILES string of the molecule is CC=C(CN)C(C)CC1=CC=CCC1. The van der Waals surface area contributed by atoms with Crippen molar-refractivity contribution in [3.05, 3.63) is 35.5 Å². The Morgan fingerprint density at radius 2 is 2.43 bits per heavy atom. The summed E-state index contributed by atoms with van der Waals surface area (Å²) in [7, 11) is 0. The Hall–Kier alpha value is -0.820. The molecule has 78 valence electrons. The van der Waals surface area contributed by atoms with E-state index in [1.165, 1.54) is 24.8 Å². The highest BCUT2D eigenvalue weighted by Gasteiger charge is 2.09. The van der Waals surface area contributed by atoms with Gasteiger partial charge in [-0.15, -0.1) is 0 Å². The van der Waals surface area contributed by atoms with Crippen molar-refractivity contribution in [1.82, 2.24) is 0 Å². The van der Waals surface area contributed by atoms with Gasteiger partial charge in [-0.2, -0.15) is 0 Å². The molecule has 1 heteroatoms. The van der Waals surface area contributed by atoms with Crippen LogP contribution in [0, 0.1) is 5.92 Å². The van der Waals surface area contributed by atoms with E-state index in [0.29, 0.717) is 12.5 Å². The van der Waals surface area contributed by atoms with Crippen LogP contribution in [0.5, 0.6) is 0 Å². The molecule has 0 spiro atoms. The smallest absolute Gasteiger partial charge is 0.0139 e. The minimum atomic E-state index is 0.600. The normalized spacial score (nSPS) is 19.4. The fraction of sp³-hybridized carbons (Fsp3) is 0.538. The molecule has 1 nitrogen and oxygen atoms in total. The Morgan fingerprint density at radius 1 is 1.64 bits per heavy atom. The van der Waals surface area contributed by atoms with Gasteiger partial charge in [-0.3, -0.25) is 0 Å². The molecule has 0 radical (unpaired) electrons. The molecule has 0 bridgehead atoms. The van der Waals surface area contributed by atoms with E-state index in [9.17, 15) is 0 Å². The average molecular weight is 191 g/mol. The minimum Gasteiger partial charge on any atom is -0.327 e. The van der Waals surface area contributed by atoms with E-state index in [0.717, 1.165) is 0 Å². The van der Waals surface area contributed by atoms with Crippen LogP contribution in [0.2, 0.25) is 0 Å². The second-order valence-corrected chi connectivity index (χ2v) is 3.96. The van der Waals surface area contributed by atoms with Crippen LogP contribution in [0.15, 0.2) is 35.5 Å². The molecule has 0 aromatic heterocycles. The van der Waals surface area contributed by atoms with Crippen LogP contribution >= 0.6 is 0 Å². The largest absolute Gasteiger partial charge is 0.327 e. The van der Waals surface area contributed by atoms with Gasteiger partial charge in [0.1, 0.15) is 0 Å². The summed E-state index contributed by atoms with van der Waals surface area (Å²) >= 11 is 0. The van der Waals surface area contributed by atoms with E-state index in [2.05, 4.69) is 38.2 Å². The van der Waals surface area contributed by atoms with E-state index in [1.54, 1.807) is 5.57 Å². The summed E-state index contributed by atoms with van der Waals surface area (Å²) in [4.78, 5) is 0. The van der Waals surface area contributed by atoms with E-state index >= 15 is 0 Å². The van der Waals surface area contributed by atoms with Crippen molar-refractivity contribution < 1.29 is 0 Å². The molecule has 14 heavy (non-hydrogen) atoms. The average Bonchev–Trinajstić information content (AvgIpc) is 2.21. The van der Waals surface area contributed by atoms with E-state index in [1.807, 2.05) is 0 Å². The summed E-state index contributed by atoms with van der Waals surface area (Å²) in [5, 5.41) is 0. The van der Waals surface area contributed by atoms with Gasteiger partial charge in [0.25, 0.3) is 0 Å². The van der Waals surface area contributed by atoms with Crippen LogP contribution in [-0.4, -0.2) is 6.54 Å². The van der Waals surface area contributed by atoms with Crippen LogP contribution < -0.4 is 5.73 Å². The van der Waals surface area contributed by atoms with Gasteiger partial charge in [-0.1, -0.05) is 42.4 Å². The van der Waals surface area contributed by atoms with Crippen LogP contribution in [0.3, 0.4) is 0 Å². The van der Waals surface area contributed by atoms with Crippen molar-refractivity contribution in [2.75, 3.05) is 6.54 Å². The maximum absolute atomic E-state index is 5.69. The Kier molecular flexibility index (Phi) is 4.68. The number of hydrogen-bond donors (Lipinski definition) is 1. The molecule has 0 amide bonds. The molecule has 0 heterocycles. The van der Waals surface area contributed by atoms with Crippen LogP contribution in [0.1, 0.15) is 33.1 Å². The third-order valence-electron chi connectivity index (χ3n) is 2.91. The van der Waals surface area contributed by atoms with Gasteiger partial charge in [-0.25, -0.2) is 0 Å². The second-order valence-electron chi connectivity index (χ2n) is 3.96. The molecule has 0 saturated carbocycles. The minimum absolute atomic E-state index is 0.600. The molecule has 2 N–H and O–H groups in total. The standard InChI is InChI=1S/C13H21N/c1-3-13(10-14)11(2)9-12-7-5-4-6-8-12/h3-5,7,11H,6,8-10,14H2,1-2H3. The Bertz CT molecular complexity index is 258. The first-order chi connectivity index (χ1) is 6.77. The van der Waals surface area contributed by atoms with Crippen molar-refractivity contribution in [2.45, 2.75) is 33.1 Å². The summed E-state index contributed by atoms with van der Waals surface area (Å²) in [5.41, 5.74) is 8.63. The summed E-state index contributed by atoms with van der Waals surface area (Å²) in [6.45, 7) is 5.04. The first-order valence-corrected chi connectivity index (χ1v) is 5.47. The van der Waals surface area contributed by atoms with Gasteiger partial charge in [0.15, 0.2) is 0 Å². The van der Waals surface area contributed by atoms with E-state index in [4.69, 9.17) is 5.73 Å². The molecule has 1 unspecified atom stereocenters. The van der Waals surface area contributed by atoms with E-state index in [-0.39, 0.29) is 0 Å². The van der Waals surface area contributed by atoms with Gasteiger partial charge in [-0.05, 0) is 32.1 Å². The molecular weight excluding hydrogens is 170 g/mol. The van der Waals surface area contributed by atoms with Gasteiger partial charge < -0.3 is 5.73 Å². The zero-order valence-electron chi connectivity index (χ0n) is 9.29. The number of rotatable bonds is 4. The highest BCUT2D eigenvalue weighted by atomic mass is 14.5. The van der Waals surface area contributed by atoms with Crippen molar-refractivity contribution >= 4 is 0 Å². The lowest BCUT2D eigenvalue weighted by molar-refractivity contribution is 0.637. The molecule has 0 aromatic carbocycles. The molecule has 1 aliphatic carbocycles. The van der Waals surface area contributed by atoms with Crippen LogP contribution in [-0.2, 0) is 0 Å². The number of allylic oxidation sites excluding steroid dienone is 5. The quantitative estimate of drug-likeness (QED) is 0.678. The number of hydrogen-bond acceptors (Lipinski definition) is 1. The molecular formula is C13H21N. The van der Waals surface area contributed by atoms with Gasteiger partial charge >= 0.3 is 0 Å². The zero-order chi connectivity index (χ0) is 10.4. The van der Waals surface area contributed by atoms with Gasteiger partial charge in [0.2, 0.25) is 0 Å². The van der Waals surface area contributed by atoms with Crippen LogP contribution in [0.25, 0.3) is 0 Å². The van der Waals surface area contributed by atoms with Crippen molar-refractivity contribution in [3.8, 4) is 0 Å². The molecule has 1 rings (SSSR count). The summed E-state index contributed by atoms with van der Waals surface area (Å²) in [5.74, 6) is 0.600. The first-order valence-electron chi connectivity index (χ1n) is 5.47. The maximum Gasteiger partial charge on any atom is 0.0139 e. The molecule has 1 aliphatic rings. The third-order valence-corrected chi connectivity index (χ3v) is 2.91. The zero-order valence-corrected chi connectivity index (χ0v) is 9.29. The lowest BCUT2D eigenvalue weighted by atomic mass is 9.90. The Balaban J connectivity index is 2.51. The number of nitrogens with two attached hydrogens (primary N) is 1. The predicted molar refractivity (Wildman–Crippen MR) is 63.0 cm³/mol. The highest BCUT2D eigenvalue weighted by Crippen LogP contribution is 2.23. The van der Waals surface area contributed by atoms with Crippen molar-refractivity contribution in [2.24, 2.45) is 11.7 Å². The lowest BCUT2D eigenvalue weighted by Gasteiger charge is -2.17. The molecule has 0 fully saturated rings. The first kappa shape index (κ1) is 11.3. The summed E-state index contributed by atoms with van der Waals surface area (Å²) in [6.07, 6.45) is 12.4. The van der Waals surface area contributed by atoms with Gasteiger partial charge in [0, 0.05) is 6.54 Å². The lowest BCUT2D eigenvalue weighted by Crippen LogP contribution is -2.11. The molecule has 0 saturated heterocycles. The topological polar surface area (TPSA) is 26.0 Å². The predicted octanol–water partition coefficient (Wildman–Crippen LogP) is 3.19. The van der Waals surface area contributed by atoms with Gasteiger partial charge in [0.05, 0.1) is 0 Å². The summed E-state index contributed by atoms with van der Waals surface area (Å²) < 4.78 is 0. The molecule has 0 aromatic rings. The third kappa shape index (κ3) is 3.15. The maximum atomic E-state index is 5.69. The van der Waals surface area contributed by atoms with Crippen molar-refractivity contribution in [1.29, 1.82) is 0 Å². The van der Waals surface area contributed by atoms with Crippen molar-refractivity contribution in [3.63, 3.8) is 0 Å².